The molecule has 0 spiro atoms. The summed E-state index contributed by atoms with van der Waals surface area (Å²) in [4.78, 5) is 64.1. The van der Waals surface area contributed by atoms with E-state index in [-0.39, 0.29) is 5.56 Å². The van der Waals surface area contributed by atoms with E-state index in [1.165, 1.54) is 38.4 Å². The van der Waals surface area contributed by atoms with Gasteiger partial charge >= 0.3 is 23.9 Å². The zero-order valence-electron chi connectivity index (χ0n) is 19.6. The molecule has 1 aliphatic rings. The second-order valence-electron chi connectivity index (χ2n) is 7.31. The zero-order valence-corrected chi connectivity index (χ0v) is 19.6. The third-order valence-electron chi connectivity index (χ3n) is 4.83. The van der Waals surface area contributed by atoms with Crippen molar-refractivity contribution in [3.63, 3.8) is 0 Å². The molecule has 1 aliphatic heterocycles. The van der Waals surface area contributed by atoms with E-state index in [1.54, 1.807) is 0 Å². The molecule has 1 saturated heterocycles. The van der Waals surface area contributed by atoms with E-state index in [2.05, 4.69) is 14.8 Å². The van der Waals surface area contributed by atoms with Gasteiger partial charge in [-0.25, -0.2) is 4.79 Å². The van der Waals surface area contributed by atoms with Crippen molar-refractivity contribution in [2.45, 2.75) is 51.4 Å². The first-order valence-electron chi connectivity index (χ1n) is 10.2. The number of carbonyl (C=O) groups excluding carboxylic acids is 5. The summed E-state index contributed by atoms with van der Waals surface area (Å²) in [7, 11) is 2.61. The molecule has 14 heteroatoms. The van der Waals surface area contributed by atoms with Crippen molar-refractivity contribution in [2.24, 2.45) is 5.11 Å². The van der Waals surface area contributed by atoms with Crippen LogP contribution in [0.3, 0.4) is 0 Å². The second kappa shape index (κ2) is 11.8. The van der Waals surface area contributed by atoms with Gasteiger partial charge in [-0.2, -0.15) is 0 Å². The fourth-order valence-electron chi connectivity index (χ4n) is 3.39. The largest absolute Gasteiger partial charge is 0.465 e. The molecule has 0 unspecified atom stereocenters. The predicted octanol–water partition coefficient (Wildman–Crippen LogP) is 1.27. The lowest BCUT2D eigenvalue weighted by Gasteiger charge is -2.43. The number of amides is 1. The minimum absolute atomic E-state index is 0.242. The molecule has 1 fully saturated rings. The summed E-state index contributed by atoms with van der Waals surface area (Å²) in [6, 6.07) is 5.78. The number of likely N-dealkylation sites (N-methyl/N-ethyl adjacent to an activating group) is 1. The molecule has 0 N–H and O–H groups in total. The average molecular weight is 492 g/mol. The van der Waals surface area contributed by atoms with E-state index in [1.807, 2.05) is 0 Å². The molecule has 0 aliphatic carbocycles. The van der Waals surface area contributed by atoms with Crippen LogP contribution in [0.5, 0.6) is 0 Å². The lowest BCUT2D eigenvalue weighted by Crippen LogP contribution is -2.64. The Hall–Kier alpha value is -4.16. The summed E-state index contributed by atoms with van der Waals surface area (Å²) in [5.41, 5.74) is 9.53. The van der Waals surface area contributed by atoms with Gasteiger partial charge in [0.15, 0.2) is 30.6 Å². The van der Waals surface area contributed by atoms with Crippen LogP contribution in [0, 0.1) is 0 Å². The summed E-state index contributed by atoms with van der Waals surface area (Å²) in [5.74, 6) is -3.87. The number of esters is 4. The fraction of sp³-hybridized carbons (Fsp3) is 0.476. The zero-order chi connectivity index (χ0) is 26.3. The Labute approximate surface area is 199 Å². The van der Waals surface area contributed by atoms with Gasteiger partial charge in [0.25, 0.3) is 5.91 Å². The number of benzene rings is 1. The van der Waals surface area contributed by atoms with Crippen LogP contribution in [0.15, 0.2) is 29.4 Å². The molecule has 0 aromatic heterocycles. The number of rotatable bonds is 7. The minimum Gasteiger partial charge on any atom is -0.465 e. The highest BCUT2D eigenvalue weighted by Crippen LogP contribution is 2.31. The highest BCUT2D eigenvalue weighted by molar-refractivity contribution is 5.97. The maximum atomic E-state index is 13.4. The number of methoxy groups -OCH3 is 1. The van der Waals surface area contributed by atoms with Crippen LogP contribution >= 0.6 is 0 Å². The van der Waals surface area contributed by atoms with Gasteiger partial charge < -0.3 is 28.6 Å². The van der Waals surface area contributed by atoms with Crippen LogP contribution in [0.4, 0.5) is 5.69 Å². The molecule has 0 saturated carbocycles. The molecular weight excluding hydrogens is 468 g/mol. The molecule has 1 heterocycles. The first kappa shape index (κ1) is 27.1. The Kier molecular flexibility index (Phi) is 9.14. The molecule has 5 atom stereocenters. The molecule has 188 valence electrons. The van der Waals surface area contributed by atoms with Crippen molar-refractivity contribution in [1.29, 1.82) is 0 Å². The summed E-state index contributed by atoms with van der Waals surface area (Å²) in [6.07, 6.45) is -7.82. The predicted molar refractivity (Wildman–Crippen MR) is 116 cm³/mol. The standard InChI is InChI=1S/C21H24N4O10/c1-10(26)32-15-16(33-11(2)27)18(35-19(23-24-22)17(15)34-12(3)28)20(29)25(4)14-8-6-13(7-9-14)21(30)31-5/h6-9,15-19H,1-5H3/t15-,16-,17+,18-,19-/m0/s1. The van der Waals surface area contributed by atoms with Gasteiger partial charge in [-0.1, -0.05) is 5.11 Å². The Morgan fingerprint density at radius 3 is 1.91 bits per heavy atom. The Morgan fingerprint density at radius 2 is 1.43 bits per heavy atom. The number of nitrogens with zero attached hydrogens (tertiary/aromatic N) is 4. The van der Waals surface area contributed by atoms with Crippen LogP contribution in [0.2, 0.25) is 0 Å². The lowest BCUT2D eigenvalue weighted by atomic mass is 9.96. The van der Waals surface area contributed by atoms with Crippen LogP contribution in [0.1, 0.15) is 31.1 Å². The highest BCUT2D eigenvalue weighted by atomic mass is 16.7. The smallest absolute Gasteiger partial charge is 0.337 e. The molecule has 0 bridgehead atoms. The first-order chi connectivity index (χ1) is 16.5. The van der Waals surface area contributed by atoms with Crippen molar-refractivity contribution in [3.05, 3.63) is 40.3 Å². The van der Waals surface area contributed by atoms with Gasteiger partial charge in [0.05, 0.1) is 12.7 Å². The molecule has 1 aromatic rings. The van der Waals surface area contributed by atoms with Crippen LogP contribution in [0.25, 0.3) is 10.4 Å². The van der Waals surface area contributed by atoms with Crippen molar-refractivity contribution in [2.75, 3.05) is 19.1 Å². The highest BCUT2D eigenvalue weighted by Gasteiger charge is 2.54. The monoisotopic (exact) mass is 492 g/mol. The number of carbonyl (C=O) groups is 5. The van der Waals surface area contributed by atoms with Gasteiger partial charge in [0.1, 0.15) is 0 Å². The van der Waals surface area contributed by atoms with Crippen molar-refractivity contribution in [1.82, 2.24) is 0 Å². The van der Waals surface area contributed by atoms with E-state index < -0.39 is 60.4 Å². The molecule has 14 nitrogen and oxygen atoms in total. The van der Waals surface area contributed by atoms with Gasteiger partial charge in [0.2, 0.25) is 0 Å². The lowest BCUT2D eigenvalue weighted by molar-refractivity contribution is -0.242. The summed E-state index contributed by atoms with van der Waals surface area (Å²) >= 11 is 0. The summed E-state index contributed by atoms with van der Waals surface area (Å²) < 4.78 is 25.9. The SMILES string of the molecule is COC(=O)c1ccc(N(C)C(=O)[C@H]2O[C@H](N=[N+]=[N-])[C@H](OC(C)=O)[C@@H](OC(C)=O)[C@@H]2OC(C)=O)cc1. The van der Waals surface area contributed by atoms with Gasteiger partial charge in [0, 0.05) is 38.4 Å². The minimum atomic E-state index is -1.63. The fourth-order valence-corrected chi connectivity index (χ4v) is 3.39. The number of anilines is 1. The summed E-state index contributed by atoms with van der Waals surface area (Å²) in [6.45, 7) is 3.17. The van der Waals surface area contributed by atoms with E-state index >= 15 is 0 Å². The quantitative estimate of drug-likeness (QED) is 0.176. The van der Waals surface area contributed by atoms with Crippen molar-refractivity contribution >= 4 is 35.5 Å². The molecule has 35 heavy (non-hydrogen) atoms. The first-order valence-corrected chi connectivity index (χ1v) is 10.2. The van der Waals surface area contributed by atoms with E-state index in [4.69, 9.17) is 24.5 Å². The van der Waals surface area contributed by atoms with E-state index in [9.17, 15) is 24.0 Å². The normalized spacial score (nSPS) is 23.2. The van der Waals surface area contributed by atoms with Crippen molar-refractivity contribution < 1.29 is 47.7 Å². The van der Waals surface area contributed by atoms with Gasteiger partial charge in [-0.15, -0.1) is 0 Å². The van der Waals surface area contributed by atoms with E-state index in [0.29, 0.717) is 5.69 Å². The molecule has 1 amide bonds. The third-order valence-corrected chi connectivity index (χ3v) is 4.83. The number of hydrogen-bond donors (Lipinski definition) is 0. The number of hydrogen-bond acceptors (Lipinski definition) is 11. The molecule has 2 rings (SSSR count). The van der Waals surface area contributed by atoms with Gasteiger partial charge in [-0.3, -0.25) is 19.2 Å². The summed E-state index contributed by atoms with van der Waals surface area (Å²) in [5, 5.41) is 3.42. The topological polar surface area (TPSA) is 183 Å². The second-order valence-corrected chi connectivity index (χ2v) is 7.31. The average Bonchev–Trinajstić information content (AvgIpc) is 2.80. The molecule has 0 radical (unpaired) electrons. The van der Waals surface area contributed by atoms with Crippen LogP contribution in [-0.4, -0.2) is 74.6 Å². The Balaban J connectivity index is 2.49. The number of ether oxygens (including phenoxy) is 5. The number of azide groups is 1. The molecule has 1 aromatic carbocycles. The Bertz CT molecular complexity index is 1040. The van der Waals surface area contributed by atoms with Crippen LogP contribution < -0.4 is 4.90 Å². The van der Waals surface area contributed by atoms with Gasteiger partial charge in [-0.05, 0) is 29.8 Å². The maximum Gasteiger partial charge on any atom is 0.337 e. The maximum absolute atomic E-state index is 13.4. The van der Waals surface area contributed by atoms with E-state index in [0.717, 1.165) is 25.7 Å². The third kappa shape index (κ3) is 6.68. The van der Waals surface area contributed by atoms with Crippen molar-refractivity contribution in [3.8, 4) is 0 Å². The molecular formula is C21H24N4O10. The Morgan fingerprint density at radius 1 is 0.914 bits per heavy atom. The van der Waals surface area contributed by atoms with Crippen LogP contribution in [-0.2, 0) is 42.9 Å².